The van der Waals surface area contributed by atoms with Crippen LogP contribution in [-0.4, -0.2) is 7.05 Å². The van der Waals surface area contributed by atoms with Gasteiger partial charge in [-0.3, -0.25) is 0 Å². The van der Waals surface area contributed by atoms with E-state index in [1.807, 2.05) is 12.2 Å². The Hall–Kier alpha value is -8.20. The third kappa shape index (κ3) is 9.18. The van der Waals surface area contributed by atoms with Gasteiger partial charge in [0.2, 0.25) is 0 Å². The smallest absolute Gasteiger partial charge is 0.0461 e. The number of hydrogen-bond donors (Lipinski definition) is 0. The highest BCUT2D eigenvalue weighted by atomic mass is 15.1. The topological polar surface area (TPSA) is 6.48 Å². The summed E-state index contributed by atoms with van der Waals surface area (Å²) in [6, 6.07) is 82.7. The predicted octanol–water partition coefficient (Wildman–Crippen LogP) is 17.2. The quantitative estimate of drug-likeness (QED) is 0.107. The minimum absolute atomic E-state index is 1.06. The summed E-state index contributed by atoms with van der Waals surface area (Å²) < 4.78 is 0. The van der Waals surface area contributed by atoms with Gasteiger partial charge in [-0.15, -0.1) is 0 Å². The van der Waals surface area contributed by atoms with Crippen LogP contribution in [0.4, 0.5) is 22.7 Å². The van der Waals surface area contributed by atoms with E-state index >= 15 is 0 Å². The van der Waals surface area contributed by atoms with Crippen LogP contribution < -0.4 is 9.80 Å². The Morgan fingerprint density at radius 3 is 0.812 bits per heavy atom. The van der Waals surface area contributed by atoms with Gasteiger partial charge in [0.1, 0.15) is 0 Å². The van der Waals surface area contributed by atoms with Gasteiger partial charge in [0, 0.05) is 35.5 Å². The van der Waals surface area contributed by atoms with E-state index < -0.39 is 0 Å². The Kier molecular flexibility index (Phi) is 12.4. The van der Waals surface area contributed by atoms with Crippen LogP contribution in [0, 0.1) is 0 Å². The number of benzene rings is 9. The first-order valence-corrected chi connectivity index (χ1v) is 21.9. The lowest BCUT2D eigenvalue weighted by Gasteiger charge is -2.27. The molecule has 0 fully saturated rings. The highest BCUT2D eigenvalue weighted by Crippen LogP contribution is 2.36. The third-order valence-electron chi connectivity index (χ3n) is 11.9. The van der Waals surface area contributed by atoms with Crippen LogP contribution in [0.1, 0.15) is 6.92 Å². The van der Waals surface area contributed by atoms with Crippen molar-refractivity contribution in [2.45, 2.75) is 6.92 Å². The second kappa shape index (κ2) is 19.2. The van der Waals surface area contributed by atoms with Crippen LogP contribution in [-0.2, 0) is 0 Å². The molecule has 308 valence electrons. The van der Waals surface area contributed by atoms with Gasteiger partial charge >= 0.3 is 0 Å². The molecule has 0 N–H and O–H groups in total. The maximum Gasteiger partial charge on any atom is 0.0461 e. The largest absolute Gasteiger partial charge is 0.345 e. The molecule has 2 heteroatoms. The summed E-state index contributed by atoms with van der Waals surface area (Å²) in [7, 11) is 2.12. The summed E-state index contributed by atoms with van der Waals surface area (Å²) in [5, 5.41) is 0. The van der Waals surface area contributed by atoms with Crippen LogP contribution in [0.15, 0.2) is 267 Å². The van der Waals surface area contributed by atoms with Crippen molar-refractivity contribution in [1.82, 2.24) is 0 Å². The molecule has 0 aromatic heterocycles. The van der Waals surface area contributed by atoms with E-state index in [1.54, 1.807) is 0 Å². The maximum absolute atomic E-state index is 3.92. The molecule has 0 bridgehead atoms. The molecule has 0 spiro atoms. The monoisotopic (exact) mass is 822 g/mol. The molecule has 0 aliphatic heterocycles. The molecule has 0 saturated carbocycles. The minimum Gasteiger partial charge on any atom is -0.345 e. The van der Waals surface area contributed by atoms with Crippen LogP contribution in [0.5, 0.6) is 0 Å². The highest BCUT2D eigenvalue weighted by molar-refractivity contribution is 5.79. The zero-order chi connectivity index (χ0) is 43.7. The van der Waals surface area contributed by atoms with Gasteiger partial charge in [-0.25, -0.2) is 0 Å². The van der Waals surface area contributed by atoms with E-state index in [0.717, 1.165) is 28.4 Å². The third-order valence-corrected chi connectivity index (χ3v) is 11.9. The van der Waals surface area contributed by atoms with Gasteiger partial charge in [0.05, 0.1) is 0 Å². The first-order valence-electron chi connectivity index (χ1n) is 21.9. The molecular weight excluding hydrogens is 773 g/mol. The molecule has 64 heavy (non-hydrogen) atoms. The molecule has 0 atom stereocenters. The van der Waals surface area contributed by atoms with Crippen molar-refractivity contribution in [2.75, 3.05) is 16.8 Å². The summed E-state index contributed by atoms with van der Waals surface area (Å²) in [4.78, 5) is 4.52. The van der Waals surface area contributed by atoms with E-state index in [0.29, 0.717) is 0 Å². The first-order chi connectivity index (χ1) is 31.5. The second-order valence-corrected chi connectivity index (χ2v) is 15.9. The molecule has 0 aliphatic carbocycles. The second-order valence-electron chi connectivity index (χ2n) is 15.9. The van der Waals surface area contributed by atoms with Crippen LogP contribution in [0.3, 0.4) is 0 Å². The highest BCUT2D eigenvalue weighted by Gasteiger charge is 2.14. The van der Waals surface area contributed by atoms with Crippen LogP contribution in [0.2, 0.25) is 0 Å². The van der Waals surface area contributed by atoms with Gasteiger partial charge < -0.3 is 9.80 Å². The Bertz CT molecular complexity index is 2980. The molecule has 9 rings (SSSR count). The van der Waals surface area contributed by atoms with E-state index in [4.69, 9.17) is 0 Å². The molecule has 0 radical (unpaired) electrons. The van der Waals surface area contributed by atoms with E-state index in [-0.39, 0.29) is 0 Å². The molecule has 0 heterocycles. The minimum atomic E-state index is 1.06. The predicted molar refractivity (Wildman–Crippen MR) is 275 cm³/mol. The number of anilines is 4. The van der Waals surface area contributed by atoms with Crippen LogP contribution >= 0.6 is 0 Å². The molecule has 9 aromatic rings. The van der Waals surface area contributed by atoms with Gasteiger partial charge in [0.15, 0.2) is 0 Å². The number of hydrogen-bond acceptors (Lipinski definition) is 2. The standard InChI is InChI=1S/C62H50N2/c1-4-6-17-58(5-2)64(61-42-34-56(35-43-61)52-24-20-49(21-25-52)47-15-11-8-12-16-47)62-44-36-57(37-45-62)53-28-26-51(27-29-53)55-32-40-60(41-33-55)63(3)59-38-30-54(31-39-59)50-22-18-48(19-23-50)46-13-9-7-10-14-46/h4-45H,1H2,2-3H3/b17-6-,58-5+. The van der Waals surface area contributed by atoms with E-state index in [9.17, 15) is 0 Å². The summed E-state index contributed by atoms with van der Waals surface area (Å²) in [5.74, 6) is 0. The Labute approximate surface area is 378 Å². The van der Waals surface area contributed by atoms with E-state index in [2.05, 4.69) is 273 Å². The fraction of sp³-hybridized carbons (Fsp3) is 0.0323. The Balaban J connectivity index is 0.869. The molecule has 0 unspecified atom stereocenters. The molecule has 0 amide bonds. The number of allylic oxidation sites excluding steroid dienone is 4. The van der Waals surface area contributed by atoms with Gasteiger partial charge in [-0.05, 0) is 128 Å². The lowest BCUT2D eigenvalue weighted by Crippen LogP contribution is -2.15. The zero-order valence-electron chi connectivity index (χ0n) is 36.4. The normalized spacial score (nSPS) is 11.4. The first kappa shape index (κ1) is 41.2. The molecule has 0 aliphatic rings. The zero-order valence-corrected chi connectivity index (χ0v) is 36.4. The molecule has 9 aromatic carbocycles. The molecule has 0 saturated heterocycles. The number of nitrogens with zero attached hydrogens (tertiary/aromatic N) is 2. The van der Waals surface area contributed by atoms with Gasteiger partial charge in [0.25, 0.3) is 0 Å². The van der Waals surface area contributed by atoms with Crippen LogP contribution in [0.25, 0.3) is 66.8 Å². The molecular formula is C62H50N2. The van der Waals surface area contributed by atoms with Crippen molar-refractivity contribution < 1.29 is 0 Å². The fourth-order valence-corrected chi connectivity index (χ4v) is 8.25. The average Bonchev–Trinajstić information content (AvgIpc) is 3.38. The van der Waals surface area contributed by atoms with Crippen molar-refractivity contribution in [1.29, 1.82) is 0 Å². The summed E-state index contributed by atoms with van der Waals surface area (Å²) >= 11 is 0. The lowest BCUT2D eigenvalue weighted by molar-refractivity contribution is 1.20. The van der Waals surface area contributed by atoms with Gasteiger partial charge in [-0.1, -0.05) is 207 Å². The lowest BCUT2D eigenvalue weighted by atomic mass is 9.99. The Morgan fingerprint density at radius 1 is 0.328 bits per heavy atom. The summed E-state index contributed by atoms with van der Waals surface area (Å²) in [6.45, 7) is 5.99. The summed E-state index contributed by atoms with van der Waals surface area (Å²) in [5.41, 5.74) is 19.9. The SMILES string of the molecule is C=C/C=C\C(=C/C)N(c1ccc(-c2ccc(-c3ccccc3)cc2)cc1)c1ccc(-c2ccc(-c3ccc(N(C)c4ccc(-c5ccc(-c6ccccc6)cc5)cc4)cc3)cc2)cc1. The van der Waals surface area contributed by atoms with Crippen molar-refractivity contribution >= 4 is 22.7 Å². The maximum atomic E-state index is 3.92. The average molecular weight is 823 g/mol. The number of rotatable bonds is 13. The van der Waals surface area contributed by atoms with E-state index in [1.165, 1.54) is 66.8 Å². The van der Waals surface area contributed by atoms with Crippen molar-refractivity contribution in [2.24, 2.45) is 0 Å². The molecule has 2 nitrogen and oxygen atoms in total. The fourth-order valence-electron chi connectivity index (χ4n) is 8.25. The van der Waals surface area contributed by atoms with Crippen molar-refractivity contribution in [3.05, 3.63) is 267 Å². The Morgan fingerprint density at radius 2 is 0.562 bits per heavy atom. The van der Waals surface area contributed by atoms with Gasteiger partial charge in [-0.2, -0.15) is 0 Å². The summed E-state index contributed by atoms with van der Waals surface area (Å²) in [6.07, 6.45) is 8.04. The van der Waals surface area contributed by atoms with Crippen molar-refractivity contribution in [3.63, 3.8) is 0 Å². The van der Waals surface area contributed by atoms with Crippen molar-refractivity contribution in [3.8, 4) is 66.8 Å².